The zero-order chi connectivity index (χ0) is 7.84. The summed E-state index contributed by atoms with van der Waals surface area (Å²) in [6.45, 7) is 2.19. The first-order valence-electron chi connectivity index (χ1n) is 4.43. The van der Waals surface area contributed by atoms with Crippen LogP contribution in [-0.2, 0) is 19.9 Å². The lowest BCUT2D eigenvalue weighted by molar-refractivity contribution is 0.645. The number of fused-ring (bicyclic) bond motifs is 1. The third kappa shape index (κ3) is 0.991. The van der Waals surface area contributed by atoms with Crippen LogP contribution >= 0.6 is 0 Å². The van der Waals surface area contributed by atoms with E-state index in [1.165, 1.54) is 31.4 Å². The molecule has 0 bridgehead atoms. The molecule has 1 heteroatoms. The highest BCUT2D eigenvalue weighted by atomic mass is 15.0. The molecule has 0 aliphatic heterocycles. The molecule has 1 aromatic rings. The molecular formula is C10H15N. The van der Waals surface area contributed by atoms with Crippen LogP contribution in [0.1, 0.15) is 29.8 Å². The lowest BCUT2D eigenvalue weighted by atomic mass is 9.98. The maximum Gasteiger partial charge on any atom is 0.0206 e. The van der Waals surface area contributed by atoms with Gasteiger partial charge in [0, 0.05) is 18.4 Å². The molecule has 0 spiro atoms. The van der Waals surface area contributed by atoms with E-state index in [2.05, 4.69) is 24.6 Å². The SMILES string of the molecule is Cc1cc2c(n1C)CCCC2. The number of aryl methyl sites for hydroxylation is 2. The summed E-state index contributed by atoms with van der Waals surface area (Å²) in [4.78, 5) is 0. The molecule has 0 atom stereocenters. The third-order valence-corrected chi connectivity index (χ3v) is 2.80. The second kappa shape index (κ2) is 2.40. The van der Waals surface area contributed by atoms with Crippen LogP contribution in [-0.4, -0.2) is 4.57 Å². The fourth-order valence-electron chi connectivity index (χ4n) is 2.01. The van der Waals surface area contributed by atoms with E-state index < -0.39 is 0 Å². The van der Waals surface area contributed by atoms with Crippen LogP contribution < -0.4 is 0 Å². The highest BCUT2D eigenvalue weighted by molar-refractivity contribution is 5.29. The van der Waals surface area contributed by atoms with Crippen molar-refractivity contribution in [1.82, 2.24) is 4.57 Å². The fraction of sp³-hybridized carbons (Fsp3) is 0.600. The Labute approximate surface area is 68.0 Å². The fourth-order valence-corrected chi connectivity index (χ4v) is 2.01. The maximum atomic E-state index is 2.34. The number of nitrogens with zero attached hydrogens (tertiary/aromatic N) is 1. The van der Waals surface area contributed by atoms with E-state index in [1.807, 2.05) is 0 Å². The van der Waals surface area contributed by atoms with Crippen LogP contribution in [0.5, 0.6) is 0 Å². The molecule has 0 fully saturated rings. The standard InChI is InChI=1S/C10H15N/c1-8-7-9-5-3-4-6-10(9)11(8)2/h7H,3-6H2,1-2H3. The molecule has 11 heavy (non-hydrogen) atoms. The Balaban J connectivity index is 2.50. The number of hydrogen-bond donors (Lipinski definition) is 0. The molecule has 0 unspecified atom stereocenters. The molecule has 2 rings (SSSR count). The minimum atomic E-state index is 1.29. The minimum Gasteiger partial charge on any atom is -0.352 e. The average molecular weight is 149 g/mol. The number of aromatic nitrogens is 1. The molecule has 1 nitrogen and oxygen atoms in total. The van der Waals surface area contributed by atoms with E-state index in [4.69, 9.17) is 0 Å². The van der Waals surface area contributed by atoms with Crippen molar-refractivity contribution in [2.45, 2.75) is 32.6 Å². The molecule has 0 amide bonds. The van der Waals surface area contributed by atoms with Crippen molar-refractivity contribution in [3.05, 3.63) is 23.0 Å². The molecule has 0 N–H and O–H groups in total. The number of hydrogen-bond acceptors (Lipinski definition) is 0. The van der Waals surface area contributed by atoms with Crippen molar-refractivity contribution >= 4 is 0 Å². The zero-order valence-corrected chi connectivity index (χ0v) is 7.35. The Morgan fingerprint density at radius 1 is 1.27 bits per heavy atom. The van der Waals surface area contributed by atoms with Gasteiger partial charge in [0.25, 0.3) is 0 Å². The molecule has 60 valence electrons. The van der Waals surface area contributed by atoms with E-state index in [0.29, 0.717) is 0 Å². The van der Waals surface area contributed by atoms with Crippen molar-refractivity contribution in [2.24, 2.45) is 7.05 Å². The molecule has 1 heterocycles. The van der Waals surface area contributed by atoms with Gasteiger partial charge in [-0.1, -0.05) is 0 Å². The van der Waals surface area contributed by atoms with E-state index in [-0.39, 0.29) is 0 Å². The summed E-state index contributed by atoms with van der Waals surface area (Å²) in [6.07, 6.45) is 5.36. The first-order valence-corrected chi connectivity index (χ1v) is 4.43. The van der Waals surface area contributed by atoms with Gasteiger partial charge in [0.15, 0.2) is 0 Å². The van der Waals surface area contributed by atoms with Gasteiger partial charge in [-0.3, -0.25) is 0 Å². The second-order valence-corrected chi connectivity index (χ2v) is 3.52. The smallest absolute Gasteiger partial charge is 0.0206 e. The third-order valence-electron chi connectivity index (χ3n) is 2.80. The predicted molar refractivity (Wildman–Crippen MR) is 46.8 cm³/mol. The Hall–Kier alpha value is -0.720. The summed E-state index contributed by atoms with van der Waals surface area (Å²) in [5.41, 5.74) is 4.59. The van der Waals surface area contributed by atoms with Gasteiger partial charge in [-0.15, -0.1) is 0 Å². The van der Waals surface area contributed by atoms with Gasteiger partial charge in [0.2, 0.25) is 0 Å². The number of rotatable bonds is 0. The zero-order valence-electron chi connectivity index (χ0n) is 7.35. The van der Waals surface area contributed by atoms with Crippen LogP contribution in [0.3, 0.4) is 0 Å². The first-order chi connectivity index (χ1) is 5.29. The van der Waals surface area contributed by atoms with Gasteiger partial charge >= 0.3 is 0 Å². The predicted octanol–water partition coefficient (Wildman–Crippen LogP) is 2.21. The Kier molecular flexibility index (Phi) is 1.52. The second-order valence-electron chi connectivity index (χ2n) is 3.52. The summed E-state index contributed by atoms with van der Waals surface area (Å²) in [5.74, 6) is 0. The van der Waals surface area contributed by atoms with E-state index in [0.717, 1.165) is 0 Å². The minimum absolute atomic E-state index is 1.29. The van der Waals surface area contributed by atoms with Gasteiger partial charge in [0.1, 0.15) is 0 Å². The largest absolute Gasteiger partial charge is 0.352 e. The van der Waals surface area contributed by atoms with Crippen molar-refractivity contribution in [1.29, 1.82) is 0 Å². The van der Waals surface area contributed by atoms with E-state index in [1.54, 1.807) is 11.3 Å². The van der Waals surface area contributed by atoms with Crippen LogP contribution in [0.25, 0.3) is 0 Å². The molecule has 1 aromatic heterocycles. The summed E-state index contributed by atoms with van der Waals surface area (Å²) in [5, 5.41) is 0. The van der Waals surface area contributed by atoms with Crippen LogP contribution in [0, 0.1) is 6.92 Å². The van der Waals surface area contributed by atoms with E-state index >= 15 is 0 Å². The molecule has 0 radical (unpaired) electrons. The van der Waals surface area contributed by atoms with Crippen LogP contribution in [0.2, 0.25) is 0 Å². The highest BCUT2D eigenvalue weighted by Gasteiger charge is 2.13. The molecular weight excluding hydrogens is 134 g/mol. The van der Waals surface area contributed by atoms with Crippen molar-refractivity contribution in [3.8, 4) is 0 Å². The van der Waals surface area contributed by atoms with Gasteiger partial charge < -0.3 is 4.57 Å². The molecule has 0 saturated carbocycles. The summed E-state index contributed by atoms with van der Waals surface area (Å²) in [6, 6.07) is 2.34. The Morgan fingerprint density at radius 3 is 2.73 bits per heavy atom. The van der Waals surface area contributed by atoms with Crippen molar-refractivity contribution < 1.29 is 0 Å². The molecule has 1 aliphatic carbocycles. The van der Waals surface area contributed by atoms with Gasteiger partial charge in [-0.05, 0) is 44.2 Å². The Bertz CT molecular complexity index is 271. The molecule has 1 aliphatic rings. The quantitative estimate of drug-likeness (QED) is 0.533. The normalized spacial score (nSPS) is 16.5. The summed E-state index contributed by atoms with van der Waals surface area (Å²) in [7, 11) is 2.18. The lowest BCUT2D eigenvalue weighted by Gasteiger charge is -2.12. The summed E-state index contributed by atoms with van der Waals surface area (Å²) < 4.78 is 2.34. The van der Waals surface area contributed by atoms with Crippen molar-refractivity contribution in [3.63, 3.8) is 0 Å². The highest BCUT2D eigenvalue weighted by Crippen LogP contribution is 2.23. The van der Waals surface area contributed by atoms with Crippen LogP contribution in [0.15, 0.2) is 6.07 Å². The monoisotopic (exact) mass is 149 g/mol. The maximum absolute atomic E-state index is 2.34. The molecule has 0 aromatic carbocycles. The topological polar surface area (TPSA) is 4.93 Å². The van der Waals surface area contributed by atoms with E-state index in [9.17, 15) is 0 Å². The van der Waals surface area contributed by atoms with Crippen molar-refractivity contribution in [2.75, 3.05) is 0 Å². The molecule has 0 saturated heterocycles. The first kappa shape index (κ1) is 6.96. The lowest BCUT2D eigenvalue weighted by Crippen LogP contribution is -2.05. The van der Waals surface area contributed by atoms with Gasteiger partial charge in [-0.2, -0.15) is 0 Å². The van der Waals surface area contributed by atoms with Gasteiger partial charge in [-0.25, -0.2) is 0 Å². The van der Waals surface area contributed by atoms with Gasteiger partial charge in [0.05, 0.1) is 0 Å². The summed E-state index contributed by atoms with van der Waals surface area (Å²) >= 11 is 0. The Morgan fingerprint density at radius 2 is 2.00 bits per heavy atom. The average Bonchev–Trinajstić information content (AvgIpc) is 2.30. The van der Waals surface area contributed by atoms with Crippen LogP contribution in [0.4, 0.5) is 0 Å².